The number of hydrogen-bond donors (Lipinski definition) is 1. The van der Waals surface area contributed by atoms with Crippen LogP contribution in [0.3, 0.4) is 0 Å². The second kappa shape index (κ2) is 8.63. The molecule has 0 aliphatic rings. The molecule has 1 N–H and O–H groups in total. The molecule has 0 atom stereocenters. The summed E-state index contributed by atoms with van der Waals surface area (Å²) in [6, 6.07) is 18.6. The van der Waals surface area contributed by atoms with Crippen LogP contribution < -0.4 is 10.9 Å². The number of benzene rings is 2. The van der Waals surface area contributed by atoms with Gasteiger partial charge in [-0.25, -0.2) is 4.68 Å². The van der Waals surface area contributed by atoms with Crippen LogP contribution in [0.25, 0.3) is 10.8 Å². The molecule has 7 heteroatoms. The van der Waals surface area contributed by atoms with Crippen LogP contribution >= 0.6 is 0 Å². The number of nitrogens with zero attached hydrogens (tertiary/aromatic N) is 3. The van der Waals surface area contributed by atoms with Crippen molar-refractivity contribution in [3.63, 3.8) is 0 Å². The number of ketones is 1. The molecule has 0 radical (unpaired) electrons. The third kappa shape index (κ3) is 3.85. The van der Waals surface area contributed by atoms with Gasteiger partial charge in [0.2, 0.25) is 0 Å². The van der Waals surface area contributed by atoms with Gasteiger partial charge in [-0.1, -0.05) is 48.5 Å². The second-order valence-electron chi connectivity index (χ2n) is 7.72. The van der Waals surface area contributed by atoms with Crippen LogP contribution in [0.4, 0.5) is 0 Å². The molecule has 0 bridgehead atoms. The fraction of sp³-hybridized carbons (Fsp3) is 0.200. The first kappa shape index (κ1) is 21.2. The zero-order valence-corrected chi connectivity index (χ0v) is 18.3. The summed E-state index contributed by atoms with van der Waals surface area (Å²) in [5.41, 5.74) is 3.18. The molecule has 0 aliphatic carbocycles. The second-order valence-corrected chi connectivity index (χ2v) is 7.72. The Morgan fingerprint density at radius 2 is 1.62 bits per heavy atom. The highest BCUT2D eigenvalue weighted by Gasteiger charge is 2.20. The Morgan fingerprint density at radius 3 is 2.31 bits per heavy atom. The number of aromatic nitrogens is 3. The first-order valence-corrected chi connectivity index (χ1v) is 10.4. The fourth-order valence-corrected chi connectivity index (χ4v) is 3.94. The monoisotopic (exact) mass is 428 g/mol. The predicted octanol–water partition coefficient (Wildman–Crippen LogP) is 3.11. The lowest BCUT2D eigenvalue weighted by Gasteiger charge is -2.11. The molecule has 2 aromatic heterocycles. The summed E-state index contributed by atoms with van der Waals surface area (Å²) in [4.78, 5) is 38.5. The Balaban J connectivity index is 1.71. The molecule has 2 aromatic carbocycles. The van der Waals surface area contributed by atoms with Crippen LogP contribution in [0.5, 0.6) is 0 Å². The van der Waals surface area contributed by atoms with E-state index in [2.05, 4.69) is 15.0 Å². The largest absolute Gasteiger partial charge is 0.354 e. The average Bonchev–Trinajstić information content (AvgIpc) is 3.09. The fourth-order valence-electron chi connectivity index (χ4n) is 3.94. The van der Waals surface area contributed by atoms with E-state index in [9.17, 15) is 14.4 Å². The van der Waals surface area contributed by atoms with Crippen LogP contribution in [0, 0.1) is 13.8 Å². The summed E-state index contributed by atoms with van der Waals surface area (Å²) in [6.07, 6.45) is 0. The van der Waals surface area contributed by atoms with E-state index in [0.29, 0.717) is 22.9 Å². The highest BCUT2D eigenvalue weighted by Crippen LogP contribution is 2.19. The van der Waals surface area contributed by atoms with E-state index < -0.39 is 11.5 Å². The van der Waals surface area contributed by atoms with E-state index in [1.807, 2.05) is 50.2 Å². The summed E-state index contributed by atoms with van der Waals surface area (Å²) < 4.78 is 3.16. The van der Waals surface area contributed by atoms with Crippen LogP contribution in [-0.2, 0) is 13.1 Å². The molecular formula is C25H24N4O3. The van der Waals surface area contributed by atoms with Gasteiger partial charge in [-0.15, -0.1) is 0 Å². The molecule has 4 rings (SSSR count). The number of aryl methyl sites for hydroxylation is 1. The van der Waals surface area contributed by atoms with Crippen LogP contribution in [0.1, 0.15) is 37.8 Å². The smallest absolute Gasteiger partial charge is 0.275 e. The van der Waals surface area contributed by atoms with Gasteiger partial charge in [0.1, 0.15) is 6.54 Å². The zero-order chi connectivity index (χ0) is 22.8. The average molecular weight is 428 g/mol. The molecule has 2 heterocycles. The van der Waals surface area contributed by atoms with Crippen molar-refractivity contribution in [1.82, 2.24) is 19.7 Å². The van der Waals surface area contributed by atoms with E-state index in [0.717, 1.165) is 21.6 Å². The first-order valence-electron chi connectivity index (χ1n) is 10.4. The van der Waals surface area contributed by atoms with Crippen molar-refractivity contribution in [3.8, 4) is 0 Å². The Morgan fingerprint density at radius 1 is 0.969 bits per heavy atom. The Hall–Kier alpha value is -4.00. The van der Waals surface area contributed by atoms with Gasteiger partial charge in [0.15, 0.2) is 11.5 Å². The van der Waals surface area contributed by atoms with E-state index >= 15 is 0 Å². The standard InChI is InChI=1S/C25H24N4O3/c1-16-13-21(17(2)28(16)14-18-9-5-4-6-10-18)22(30)15-29-25(32)20-12-8-7-11-19(20)23(27-29)24(31)26-3/h4-13H,14-15H2,1-3H3,(H,26,31). The topological polar surface area (TPSA) is 86.0 Å². The van der Waals surface area contributed by atoms with Gasteiger partial charge in [0, 0.05) is 35.9 Å². The van der Waals surface area contributed by atoms with Crippen molar-refractivity contribution in [2.24, 2.45) is 0 Å². The number of nitrogens with one attached hydrogen (secondary N) is 1. The molecule has 32 heavy (non-hydrogen) atoms. The van der Waals surface area contributed by atoms with Gasteiger partial charge in [-0.2, -0.15) is 5.10 Å². The molecule has 0 fully saturated rings. The molecule has 0 aliphatic heterocycles. The van der Waals surface area contributed by atoms with Crippen molar-refractivity contribution in [3.05, 3.63) is 99.2 Å². The number of Topliss-reactive ketones (excluding diaryl/α,β-unsaturated/α-hetero) is 1. The highest BCUT2D eigenvalue weighted by atomic mass is 16.2. The summed E-state index contributed by atoms with van der Waals surface area (Å²) in [7, 11) is 1.50. The molecule has 7 nitrogen and oxygen atoms in total. The maximum Gasteiger partial charge on any atom is 0.275 e. The minimum atomic E-state index is -0.413. The molecule has 1 amide bonds. The third-order valence-electron chi connectivity index (χ3n) is 5.66. The lowest BCUT2D eigenvalue weighted by atomic mass is 10.1. The minimum Gasteiger partial charge on any atom is -0.354 e. The molecule has 0 spiro atoms. The van der Waals surface area contributed by atoms with Gasteiger partial charge in [-0.3, -0.25) is 14.4 Å². The molecule has 0 unspecified atom stereocenters. The van der Waals surface area contributed by atoms with Crippen LogP contribution in [0.15, 0.2) is 65.5 Å². The molecule has 4 aromatic rings. The van der Waals surface area contributed by atoms with Crippen molar-refractivity contribution in [2.45, 2.75) is 26.9 Å². The molecule has 0 saturated carbocycles. The number of hydrogen-bond acceptors (Lipinski definition) is 4. The summed E-state index contributed by atoms with van der Waals surface area (Å²) >= 11 is 0. The lowest BCUT2D eigenvalue weighted by molar-refractivity contribution is 0.0940. The van der Waals surface area contributed by atoms with Gasteiger partial charge in [0.05, 0.1) is 5.39 Å². The van der Waals surface area contributed by atoms with E-state index in [4.69, 9.17) is 0 Å². The Kier molecular flexibility index (Phi) is 5.73. The SMILES string of the molecule is CNC(=O)c1nn(CC(=O)c2cc(C)n(Cc3ccccc3)c2C)c(=O)c2ccccc12. The number of carbonyl (C=O) groups excluding carboxylic acids is 2. The highest BCUT2D eigenvalue weighted by molar-refractivity contribution is 6.05. The predicted molar refractivity (Wildman–Crippen MR) is 123 cm³/mol. The summed E-state index contributed by atoms with van der Waals surface area (Å²) in [5.74, 6) is -0.645. The molecular weight excluding hydrogens is 404 g/mol. The molecule has 162 valence electrons. The zero-order valence-electron chi connectivity index (χ0n) is 18.3. The van der Waals surface area contributed by atoms with E-state index in [1.54, 1.807) is 24.3 Å². The molecule has 0 saturated heterocycles. The van der Waals surface area contributed by atoms with Crippen molar-refractivity contribution < 1.29 is 9.59 Å². The summed E-state index contributed by atoms with van der Waals surface area (Å²) in [6.45, 7) is 4.26. The summed E-state index contributed by atoms with van der Waals surface area (Å²) in [5, 5.41) is 7.58. The third-order valence-corrected chi connectivity index (χ3v) is 5.66. The van der Waals surface area contributed by atoms with Crippen molar-refractivity contribution >= 4 is 22.5 Å². The number of amides is 1. The quantitative estimate of drug-likeness (QED) is 0.478. The number of rotatable bonds is 6. The van der Waals surface area contributed by atoms with Crippen LogP contribution in [-0.4, -0.2) is 33.1 Å². The van der Waals surface area contributed by atoms with Crippen molar-refractivity contribution in [1.29, 1.82) is 0 Å². The Labute approximate surface area is 185 Å². The lowest BCUT2D eigenvalue weighted by Crippen LogP contribution is -2.31. The van der Waals surface area contributed by atoms with Crippen molar-refractivity contribution in [2.75, 3.05) is 7.05 Å². The van der Waals surface area contributed by atoms with Gasteiger partial charge < -0.3 is 9.88 Å². The van der Waals surface area contributed by atoms with Gasteiger partial charge in [-0.05, 0) is 31.5 Å². The van der Waals surface area contributed by atoms with Gasteiger partial charge in [0.25, 0.3) is 11.5 Å². The van der Waals surface area contributed by atoms with E-state index in [-0.39, 0.29) is 18.0 Å². The number of carbonyl (C=O) groups is 2. The first-order chi connectivity index (χ1) is 15.4. The van der Waals surface area contributed by atoms with E-state index in [1.165, 1.54) is 7.05 Å². The minimum absolute atomic E-state index is 0.116. The maximum atomic E-state index is 13.2. The number of fused-ring (bicyclic) bond motifs is 1. The Bertz CT molecular complexity index is 1380. The normalized spacial score (nSPS) is 11.0. The van der Waals surface area contributed by atoms with Gasteiger partial charge >= 0.3 is 0 Å². The maximum absolute atomic E-state index is 13.2. The van der Waals surface area contributed by atoms with Crippen LogP contribution in [0.2, 0.25) is 0 Å².